The molecule has 0 spiro atoms. The van der Waals surface area contributed by atoms with Gasteiger partial charge in [0.25, 0.3) is 5.91 Å². The van der Waals surface area contributed by atoms with E-state index in [1.54, 1.807) is 0 Å². The Labute approximate surface area is 167 Å². The zero-order valence-electron chi connectivity index (χ0n) is 15.8. The van der Waals surface area contributed by atoms with Gasteiger partial charge >= 0.3 is 0 Å². The summed E-state index contributed by atoms with van der Waals surface area (Å²) in [5.41, 5.74) is 2.00. The minimum absolute atomic E-state index is 0.220. The predicted octanol–water partition coefficient (Wildman–Crippen LogP) is 3.28. The van der Waals surface area contributed by atoms with Crippen LogP contribution >= 0.6 is 0 Å². The van der Waals surface area contributed by atoms with Gasteiger partial charge in [0.05, 0.1) is 19.0 Å². The van der Waals surface area contributed by atoms with E-state index in [1.165, 1.54) is 12.4 Å². The molecule has 2 N–H and O–H groups in total. The Bertz CT molecular complexity index is 991. The Hall–Kier alpha value is -3.81. The van der Waals surface area contributed by atoms with Crippen molar-refractivity contribution in [1.82, 2.24) is 15.3 Å². The van der Waals surface area contributed by atoms with Crippen LogP contribution in [-0.2, 0) is 6.54 Å². The van der Waals surface area contributed by atoms with Gasteiger partial charge in [0.1, 0.15) is 17.3 Å². The SMILES string of the molecule is CCOc1ccc(Nc2cnc(C(=O)NCc3ccc4c(c3)OCO4)cn2)cc1. The maximum Gasteiger partial charge on any atom is 0.271 e. The second kappa shape index (κ2) is 8.47. The normalized spacial score (nSPS) is 11.8. The van der Waals surface area contributed by atoms with Gasteiger partial charge in [0.15, 0.2) is 11.5 Å². The van der Waals surface area contributed by atoms with E-state index in [0.717, 1.165) is 17.0 Å². The fourth-order valence-electron chi connectivity index (χ4n) is 2.78. The van der Waals surface area contributed by atoms with Crippen molar-refractivity contribution in [2.24, 2.45) is 0 Å². The predicted molar refractivity (Wildman–Crippen MR) is 107 cm³/mol. The van der Waals surface area contributed by atoms with Crippen molar-refractivity contribution < 1.29 is 19.0 Å². The van der Waals surface area contributed by atoms with Crippen LogP contribution < -0.4 is 24.8 Å². The number of anilines is 2. The minimum atomic E-state index is -0.303. The fourth-order valence-corrected chi connectivity index (χ4v) is 2.78. The molecular weight excluding hydrogens is 372 g/mol. The summed E-state index contributed by atoms with van der Waals surface area (Å²) in [6.45, 7) is 3.13. The molecule has 0 bridgehead atoms. The molecule has 148 valence electrons. The maximum atomic E-state index is 12.3. The van der Waals surface area contributed by atoms with Crippen LogP contribution in [0.4, 0.5) is 11.5 Å². The van der Waals surface area contributed by atoms with Gasteiger partial charge in [-0.05, 0) is 48.9 Å². The molecule has 2 heterocycles. The van der Waals surface area contributed by atoms with Gasteiger partial charge in [-0.25, -0.2) is 9.97 Å². The van der Waals surface area contributed by atoms with E-state index in [2.05, 4.69) is 20.6 Å². The van der Waals surface area contributed by atoms with Gasteiger partial charge in [-0.15, -0.1) is 0 Å². The lowest BCUT2D eigenvalue weighted by atomic mass is 10.2. The van der Waals surface area contributed by atoms with Crippen LogP contribution in [0.2, 0.25) is 0 Å². The lowest BCUT2D eigenvalue weighted by Gasteiger charge is -2.08. The number of nitrogens with one attached hydrogen (secondary N) is 2. The van der Waals surface area contributed by atoms with Gasteiger partial charge in [-0.2, -0.15) is 0 Å². The van der Waals surface area contributed by atoms with Crippen molar-refractivity contribution in [3.8, 4) is 17.2 Å². The first-order valence-corrected chi connectivity index (χ1v) is 9.20. The highest BCUT2D eigenvalue weighted by atomic mass is 16.7. The van der Waals surface area contributed by atoms with Crippen molar-refractivity contribution in [3.63, 3.8) is 0 Å². The van der Waals surface area contributed by atoms with Gasteiger partial charge < -0.3 is 24.8 Å². The number of carbonyl (C=O) groups excluding carboxylic acids is 1. The van der Waals surface area contributed by atoms with E-state index >= 15 is 0 Å². The van der Waals surface area contributed by atoms with Gasteiger partial charge in [-0.1, -0.05) is 6.07 Å². The van der Waals surface area contributed by atoms with Gasteiger partial charge in [-0.3, -0.25) is 4.79 Å². The molecule has 0 fully saturated rings. The number of hydrogen-bond donors (Lipinski definition) is 2. The maximum absolute atomic E-state index is 12.3. The van der Waals surface area contributed by atoms with E-state index in [0.29, 0.717) is 30.5 Å². The summed E-state index contributed by atoms with van der Waals surface area (Å²) >= 11 is 0. The third kappa shape index (κ3) is 4.55. The molecule has 0 aliphatic carbocycles. The van der Waals surface area contributed by atoms with E-state index in [-0.39, 0.29) is 18.4 Å². The molecule has 1 aromatic heterocycles. The number of amides is 1. The number of fused-ring (bicyclic) bond motifs is 1. The highest BCUT2D eigenvalue weighted by Gasteiger charge is 2.14. The zero-order valence-corrected chi connectivity index (χ0v) is 15.8. The molecule has 8 nitrogen and oxygen atoms in total. The number of nitrogens with zero attached hydrogens (tertiary/aromatic N) is 2. The topological polar surface area (TPSA) is 94.6 Å². The molecule has 1 aliphatic rings. The molecule has 0 radical (unpaired) electrons. The van der Waals surface area contributed by atoms with Crippen LogP contribution in [-0.4, -0.2) is 29.3 Å². The van der Waals surface area contributed by atoms with Crippen molar-refractivity contribution in [1.29, 1.82) is 0 Å². The van der Waals surface area contributed by atoms with E-state index < -0.39 is 0 Å². The Morgan fingerprint density at radius 1 is 1.07 bits per heavy atom. The summed E-state index contributed by atoms with van der Waals surface area (Å²) in [6.07, 6.45) is 2.96. The Balaban J connectivity index is 1.32. The van der Waals surface area contributed by atoms with E-state index in [9.17, 15) is 4.79 Å². The molecular formula is C21H20N4O4. The van der Waals surface area contributed by atoms with Crippen LogP contribution in [0, 0.1) is 0 Å². The first-order chi connectivity index (χ1) is 14.2. The third-order valence-corrected chi connectivity index (χ3v) is 4.21. The number of carbonyl (C=O) groups is 1. The largest absolute Gasteiger partial charge is 0.494 e. The van der Waals surface area contributed by atoms with Crippen molar-refractivity contribution in [2.75, 3.05) is 18.7 Å². The Morgan fingerprint density at radius 3 is 2.66 bits per heavy atom. The molecule has 29 heavy (non-hydrogen) atoms. The molecule has 0 atom stereocenters. The number of rotatable bonds is 7. The van der Waals surface area contributed by atoms with Gasteiger partial charge in [0, 0.05) is 12.2 Å². The summed E-state index contributed by atoms with van der Waals surface area (Å²) in [5, 5.41) is 5.96. The summed E-state index contributed by atoms with van der Waals surface area (Å²) < 4.78 is 16.0. The molecule has 1 aliphatic heterocycles. The van der Waals surface area contributed by atoms with Gasteiger partial charge in [0.2, 0.25) is 6.79 Å². The minimum Gasteiger partial charge on any atom is -0.494 e. The van der Waals surface area contributed by atoms with E-state index in [1.807, 2.05) is 49.4 Å². The molecule has 8 heteroatoms. The average Bonchev–Trinajstić information content (AvgIpc) is 3.22. The molecule has 3 aromatic rings. The van der Waals surface area contributed by atoms with Crippen molar-refractivity contribution in [3.05, 3.63) is 66.1 Å². The average molecular weight is 392 g/mol. The second-order valence-corrected chi connectivity index (χ2v) is 6.24. The summed E-state index contributed by atoms with van der Waals surface area (Å²) in [6, 6.07) is 13.1. The van der Waals surface area contributed by atoms with Crippen molar-refractivity contribution >= 4 is 17.4 Å². The molecule has 1 amide bonds. The van der Waals surface area contributed by atoms with Crippen LogP contribution in [0.25, 0.3) is 0 Å². The summed E-state index contributed by atoms with van der Waals surface area (Å²) in [5.74, 6) is 2.44. The van der Waals surface area contributed by atoms with Crippen LogP contribution in [0.15, 0.2) is 54.9 Å². The number of hydrogen-bond acceptors (Lipinski definition) is 7. The molecule has 0 saturated heterocycles. The Morgan fingerprint density at radius 2 is 1.90 bits per heavy atom. The Kier molecular flexibility index (Phi) is 5.42. The second-order valence-electron chi connectivity index (χ2n) is 6.24. The number of ether oxygens (including phenoxy) is 3. The highest BCUT2D eigenvalue weighted by molar-refractivity contribution is 5.92. The zero-order chi connectivity index (χ0) is 20.1. The lowest BCUT2D eigenvalue weighted by Crippen LogP contribution is -2.24. The monoisotopic (exact) mass is 392 g/mol. The van der Waals surface area contributed by atoms with Crippen LogP contribution in [0.5, 0.6) is 17.2 Å². The summed E-state index contributed by atoms with van der Waals surface area (Å²) in [7, 11) is 0. The first kappa shape index (κ1) is 18.5. The molecule has 4 rings (SSSR count). The highest BCUT2D eigenvalue weighted by Crippen LogP contribution is 2.32. The lowest BCUT2D eigenvalue weighted by molar-refractivity contribution is 0.0945. The number of aromatic nitrogens is 2. The number of benzene rings is 2. The molecule has 0 saturated carbocycles. The third-order valence-electron chi connectivity index (χ3n) is 4.21. The fraction of sp³-hybridized carbons (Fsp3) is 0.190. The summed E-state index contributed by atoms with van der Waals surface area (Å²) in [4.78, 5) is 20.8. The van der Waals surface area contributed by atoms with Crippen LogP contribution in [0.3, 0.4) is 0 Å². The van der Waals surface area contributed by atoms with Crippen LogP contribution in [0.1, 0.15) is 23.0 Å². The molecule has 0 unspecified atom stereocenters. The molecule has 2 aromatic carbocycles. The standard InChI is InChI=1S/C21H20N4O4/c1-2-27-16-6-4-15(5-7-16)25-20-12-22-17(11-23-20)21(26)24-10-14-3-8-18-19(9-14)29-13-28-18/h3-9,11-12H,2,10,13H2,1H3,(H,23,25)(H,24,26). The first-order valence-electron chi connectivity index (χ1n) is 9.20. The smallest absolute Gasteiger partial charge is 0.271 e. The quantitative estimate of drug-likeness (QED) is 0.637. The van der Waals surface area contributed by atoms with E-state index in [4.69, 9.17) is 14.2 Å². The van der Waals surface area contributed by atoms with Crippen molar-refractivity contribution in [2.45, 2.75) is 13.5 Å².